The molecule has 0 radical (unpaired) electrons. The highest BCUT2D eigenvalue weighted by Gasteiger charge is 2.21. The van der Waals surface area contributed by atoms with E-state index in [1.165, 1.54) is 52.1 Å². The van der Waals surface area contributed by atoms with Crippen LogP contribution in [0.1, 0.15) is 57.1 Å². The van der Waals surface area contributed by atoms with E-state index in [2.05, 4.69) is 42.0 Å². The molecule has 12 heteroatoms. The largest absolute Gasteiger partial charge is 0.331 e. The van der Waals surface area contributed by atoms with Gasteiger partial charge < -0.3 is 21.3 Å². The minimum Gasteiger partial charge on any atom is -0.331 e. The Morgan fingerprint density at radius 2 is 1.35 bits per heavy atom. The lowest BCUT2D eigenvalue weighted by atomic mass is 9.85. The Morgan fingerprint density at radius 3 is 1.85 bits per heavy atom. The molecule has 0 saturated heterocycles. The fraction of sp³-hybridized carbons (Fsp3) is 0.324. The van der Waals surface area contributed by atoms with Crippen molar-refractivity contribution in [1.29, 1.82) is 0 Å². The number of hydrogen-bond donors (Lipinski definition) is 5. The molecule has 3 aromatic rings. The summed E-state index contributed by atoms with van der Waals surface area (Å²) in [4.78, 5) is 45.9. The van der Waals surface area contributed by atoms with E-state index in [4.69, 9.17) is 0 Å². The second kappa shape index (κ2) is 17.2. The summed E-state index contributed by atoms with van der Waals surface area (Å²) in [6, 6.07) is 17.7. The molecule has 2 aliphatic rings. The highest BCUT2D eigenvalue weighted by Crippen LogP contribution is 2.26. The minimum absolute atomic E-state index is 0.0734. The highest BCUT2D eigenvalue weighted by molar-refractivity contribution is 5.97. The van der Waals surface area contributed by atoms with Crippen LogP contribution < -0.4 is 26.7 Å². The first kappa shape index (κ1) is 33.5. The summed E-state index contributed by atoms with van der Waals surface area (Å²) in [5.41, 5.74) is 7.30. The van der Waals surface area contributed by atoms with Crippen LogP contribution in [0.2, 0.25) is 0 Å². The summed E-state index contributed by atoms with van der Waals surface area (Å²) >= 11 is 0. The van der Waals surface area contributed by atoms with Crippen LogP contribution in [-0.2, 0) is 32.0 Å². The Kier molecular flexibility index (Phi) is 12.5. The van der Waals surface area contributed by atoms with Crippen molar-refractivity contribution in [3.05, 3.63) is 90.1 Å². The van der Waals surface area contributed by atoms with Gasteiger partial charge in [-0.25, -0.2) is 0 Å². The molecule has 0 bridgehead atoms. The Balaban J connectivity index is 0.000000216. The monoisotopic (exact) mass is 624 g/mol. The molecule has 1 aromatic heterocycles. The molecule has 4 amide bonds. The molecule has 240 valence electrons. The number of carbonyl (C=O) groups is 4. The lowest BCUT2D eigenvalue weighted by Gasteiger charge is -2.25. The molecule has 1 aliphatic heterocycles. The summed E-state index contributed by atoms with van der Waals surface area (Å²) in [6.45, 7) is 2.91. The number of hydrogen-bond acceptors (Lipinski definition) is 8. The third kappa shape index (κ3) is 11.6. The molecule has 5 N–H and O–H groups in total. The van der Waals surface area contributed by atoms with Crippen LogP contribution in [0.15, 0.2) is 84.1 Å². The Morgan fingerprint density at radius 1 is 0.761 bits per heavy atom. The van der Waals surface area contributed by atoms with Gasteiger partial charge in [0, 0.05) is 37.3 Å². The number of aromatic nitrogens is 2. The molecular formula is C34H40N8O4. The van der Waals surface area contributed by atoms with E-state index in [0.717, 1.165) is 22.5 Å². The first-order chi connectivity index (χ1) is 22.2. The molecule has 5 rings (SSSR count). The molecule has 2 aromatic carbocycles. The van der Waals surface area contributed by atoms with Crippen molar-refractivity contribution in [2.45, 2.75) is 65.0 Å². The van der Waals surface area contributed by atoms with Crippen molar-refractivity contribution in [3.63, 3.8) is 0 Å². The van der Waals surface area contributed by atoms with E-state index in [-0.39, 0.29) is 42.6 Å². The van der Waals surface area contributed by atoms with Crippen molar-refractivity contribution in [3.8, 4) is 0 Å². The summed E-state index contributed by atoms with van der Waals surface area (Å²) < 4.78 is 0. The van der Waals surface area contributed by atoms with E-state index in [9.17, 15) is 19.2 Å². The van der Waals surface area contributed by atoms with Crippen LogP contribution in [0, 0.1) is 5.92 Å². The standard InChI is InChI=1S/C20H26N4O2.C14H14N4O2/c1-14(25)21-17-9-7-15(8-10-17)13-20(26)22-19-12-11-18(23-24-19)16-5-3-2-4-6-16;1-10(19)16-12-6-4-11(5-7-12)9-14(20)17-13-3-2-8-15-18-13/h7-12,16,19,24H,2-6,13H2,1H3,(H,21,25)(H,22,26);2-8H,9H2,1H3,(H,16,19)(H,17,18,20). The first-order valence-corrected chi connectivity index (χ1v) is 15.3. The van der Waals surface area contributed by atoms with Gasteiger partial charge in [0.2, 0.25) is 23.6 Å². The van der Waals surface area contributed by atoms with Crippen LogP contribution in [0.25, 0.3) is 0 Å². The number of allylic oxidation sites excluding steroid dienone is 1. The number of rotatable bonds is 9. The van der Waals surface area contributed by atoms with E-state index in [1.807, 2.05) is 24.3 Å². The normalized spacial score (nSPS) is 15.6. The van der Waals surface area contributed by atoms with Crippen LogP contribution >= 0.6 is 0 Å². The Labute approximate surface area is 268 Å². The van der Waals surface area contributed by atoms with Gasteiger partial charge in [-0.3, -0.25) is 24.6 Å². The van der Waals surface area contributed by atoms with Gasteiger partial charge in [0.1, 0.15) is 6.17 Å². The Bertz CT molecular complexity index is 1530. The minimum atomic E-state index is -0.270. The predicted molar refractivity (Wildman–Crippen MR) is 178 cm³/mol. The fourth-order valence-corrected chi connectivity index (χ4v) is 5.09. The maximum absolute atomic E-state index is 12.2. The van der Waals surface area contributed by atoms with Crippen LogP contribution in [0.3, 0.4) is 0 Å². The van der Waals surface area contributed by atoms with Crippen molar-refractivity contribution >= 4 is 46.5 Å². The van der Waals surface area contributed by atoms with Crippen molar-refractivity contribution in [2.75, 3.05) is 16.0 Å². The van der Waals surface area contributed by atoms with Gasteiger partial charge in [-0.2, -0.15) is 10.2 Å². The number of nitrogens with one attached hydrogen (secondary N) is 5. The summed E-state index contributed by atoms with van der Waals surface area (Å²) in [6.07, 6.45) is 12.1. The van der Waals surface area contributed by atoms with E-state index >= 15 is 0 Å². The zero-order chi connectivity index (χ0) is 32.7. The van der Waals surface area contributed by atoms with Gasteiger partial charge in [0.15, 0.2) is 5.82 Å². The van der Waals surface area contributed by atoms with Crippen molar-refractivity contribution in [2.24, 2.45) is 11.0 Å². The molecule has 1 aliphatic carbocycles. The molecule has 1 saturated carbocycles. The van der Waals surface area contributed by atoms with E-state index < -0.39 is 0 Å². The smallest absolute Gasteiger partial charge is 0.229 e. The summed E-state index contributed by atoms with van der Waals surface area (Å²) in [7, 11) is 0. The van der Waals surface area contributed by atoms with Gasteiger partial charge >= 0.3 is 0 Å². The molecule has 1 unspecified atom stereocenters. The van der Waals surface area contributed by atoms with Crippen LogP contribution in [-0.4, -0.2) is 45.7 Å². The van der Waals surface area contributed by atoms with Gasteiger partial charge in [-0.15, -0.1) is 5.10 Å². The third-order valence-electron chi connectivity index (χ3n) is 7.25. The fourth-order valence-electron chi connectivity index (χ4n) is 5.09. The van der Waals surface area contributed by atoms with Gasteiger partial charge in [0.05, 0.1) is 18.6 Å². The first-order valence-electron chi connectivity index (χ1n) is 15.3. The zero-order valence-corrected chi connectivity index (χ0v) is 26.1. The quantitative estimate of drug-likeness (QED) is 0.236. The molecule has 1 atom stereocenters. The predicted octanol–water partition coefficient (Wildman–Crippen LogP) is 4.34. The number of carbonyl (C=O) groups excluding carboxylic acids is 4. The number of benzene rings is 2. The molecular weight excluding hydrogens is 584 g/mol. The van der Waals surface area contributed by atoms with Crippen molar-refractivity contribution in [1.82, 2.24) is 20.9 Å². The highest BCUT2D eigenvalue weighted by atomic mass is 16.2. The second-order valence-electron chi connectivity index (χ2n) is 11.2. The maximum Gasteiger partial charge on any atom is 0.229 e. The van der Waals surface area contributed by atoms with Gasteiger partial charge in [0.25, 0.3) is 0 Å². The zero-order valence-electron chi connectivity index (χ0n) is 26.1. The van der Waals surface area contributed by atoms with Gasteiger partial charge in [-0.05, 0) is 72.5 Å². The SMILES string of the molecule is CC(=O)Nc1ccc(CC(=O)NC2C=CC(C3CCCCC3)=NN2)cc1.CC(=O)Nc1ccc(CC(=O)Nc2cccnn2)cc1. The summed E-state index contributed by atoms with van der Waals surface area (Å²) in [5, 5.41) is 22.9. The number of amides is 4. The van der Waals surface area contributed by atoms with E-state index in [1.54, 1.807) is 48.5 Å². The number of anilines is 3. The third-order valence-corrected chi connectivity index (χ3v) is 7.25. The topological polar surface area (TPSA) is 167 Å². The lowest BCUT2D eigenvalue weighted by Crippen LogP contribution is -2.44. The second-order valence-corrected chi connectivity index (χ2v) is 11.2. The molecule has 1 fully saturated rings. The number of hydrazone groups is 1. The summed E-state index contributed by atoms with van der Waals surface area (Å²) in [5.74, 6) is 0.490. The maximum atomic E-state index is 12.2. The molecule has 2 heterocycles. The Hall–Kier alpha value is -5.39. The molecule has 46 heavy (non-hydrogen) atoms. The van der Waals surface area contributed by atoms with Crippen LogP contribution in [0.4, 0.5) is 17.2 Å². The lowest BCUT2D eigenvalue weighted by molar-refractivity contribution is -0.121. The van der Waals surface area contributed by atoms with E-state index in [0.29, 0.717) is 17.4 Å². The van der Waals surface area contributed by atoms with Gasteiger partial charge in [-0.1, -0.05) is 43.5 Å². The molecule has 0 spiro atoms. The average molecular weight is 625 g/mol. The molecule has 12 nitrogen and oxygen atoms in total. The average Bonchev–Trinajstić information content (AvgIpc) is 3.04. The number of nitrogens with zero attached hydrogens (tertiary/aromatic N) is 3. The van der Waals surface area contributed by atoms with Crippen molar-refractivity contribution < 1.29 is 19.2 Å². The van der Waals surface area contributed by atoms with Crippen LogP contribution in [0.5, 0.6) is 0 Å².